The first kappa shape index (κ1) is 11.2. The molecule has 0 aromatic carbocycles. The number of hydrogen-bond donors (Lipinski definition) is 0. The van der Waals surface area contributed by atoms with Crippen LogP contribution in [0.1, 0.15) is 55.6 Å². The highest BCUT2D eigenvalue weighted by atomic mass is 127. The predicted molar refractivity (Wildman–Crippen MR) is 77.7 cm³/mol. The third-order valence-corrected chi connectivity index (χ3v) is 4.29. The highest BCUT2D eigenvalue weighted by molar-refractivity contribution is 14.1. The topological polar surface area (TPSA) is 17.1 Å². The maximum Gasteiger partial charge on any atom is 0.139 e. The number of allylic oxidation sites excluding steroid dienone is 1. The number of unbranched alkanes of at least 4 members (excludes halogenated alkanes) is 1. The zero-order valence-electron chi connectivity index (χ0n) is 12.4. The molecular weight excluding hydrogens is 311 g/mol. The summed E-state index contributed by atoms with van der Waals surface area (Å²) in [6.45, 7) is 6.17. The Balaban J connectivity index is 2.83. The Morgan fingerprint density at radius 3 is 2.94 bits per heavy atom. The van der Waals surface area contributed by atoms with Crippen molar-refractivity contribution in [3.05, 3.63) is 10.2 Å². The van der Waals surface area contributed by atoms with Gasteiger partial charge in [0.15, 0.2) is 0 Å². The van der Waals surface area contributed by atoms with Crippen LogP contribution < -0.4 is 0 Å². The zero-order chi connectivity index (χ0) is 14.0. The number of hydrogen-bond acceptors (Lipinski definition) is 1. The summed E-state index contributed by atoms with van der Waals surface area (Å²) in [6, 6.07) is 0. The Bertz CT molecular complexity index is 339. The maximum absolute atomic E-state index is 12.3. The van der Waals surface area contributed by atoms with Gasteiger partial charge in [0.2, 0.25) is 0 Å². The minimum atomic E-state index is -1.62. The lowest BCUT2D eigenvalue weighted by molar-refractivity contribution is -0.127. The molecule has 0 heterocycles. The van der Waals surface area contributed by atoms with E-state index in [4.69, 9.17) is 2.74 Å². The molecule has 1 saturated carbocycles. The summed E-state index contributed by atoms with van der Waals surface area (Å²) < 4.78 is 17.8. The van der Waals surface area contributed by atoms with Gasteiger partial charge in [-0.15, -0.1) is 0 Å². The standard InChI is InChI=1S/C14H23IO/c1-11(2)12-7-8-13(16)14(12,3)9-5-4-6-10-15/h6,10-12H,4-5,7-9H2,1-3H3/b10-6+/t12-,14-/m1/s1/i8D2. The summed E-state index contributed by atoms with van der Waals surface area (Å²) in [6.07, 6.45) is 3.60. The van der Waals surface area contributed by atoms with Gasteiger partial charge in [-0.05, 0) is 41.6 Å². The monoisotopic (exact) mass is 336 g/mol. The van der Waals surface area contributed by atoms with E-state index in [-0.39, 0.29) is 11.7 Å². The normalized spacial score (nSPS) is 35.8. The Hall–Kier alpha value is 0.140. The fourth-order valence-electron chi connectivity index (χ4n) is 2.72. The van der Waals surface area contributed by atoms with E-state index in [1.54, 1.807) is 0 Å². The van der Waals surface area contributed by atoms with E-state index in [0.29, 0.717) is 12.3 Å². The quantitative estimate of drug-likeness (QED) is 0.523. The van der Waals surface area contributed by atoms with E-state index in [9.17, 15) is 4.79 Å². The molecule has 1 aliphatic rings. The van der Waals surface area contributed by atoms with Crippen LogP contribution >= 0.6 is 22.6 Å². The van der Waals surface area contributed by atoms with Crippen LogP contribution in [0.2, 0.25) is 0 Å². The first-order valence-electron chi connectivity index (χ1n) is 7.06. The van der Waals surface area contributed by atoms with Crippen LogP contribution in [0.5, 0.6) is 0 Å². The van der Waals surface area contributed by atoms with E-state index >= 15 is 0 Å². The van der Waals surface area contributed by atoms with E-state index in [1.807, 2.05) is 11.0 Å². The van der Waals surface area contributed by atoms with Gasteiger partial charge in [0.25, 0.3) is 0 Å². The van der Waals surface area contributed by atoms with E-state index < -0.39 is 11.8 Å². The molecule has 0 radical (unpaired) electrons. The minimum Gasteiger partial charge on any atom is -0.299 e. The molecule has 0 amide bonds. The molecule has 1 fully saturated rings. The molecule has 0 aliphatic heterocycles. The van der Waals surface area contributed by atoms with E-state index in [0.717, 1.165) is 19.3 Å². The second-order valence-corrected chi connectivity index (χ2v) is 5.95. The number of carbonyl (C=O) groups is 1. The van der Waals surface area contributed by atoms with Gasteiger partial charge in [-0.25, -0.2) is 0 Å². The highest BCUT2D eigenvalue weighted by Crippen LogP contribution is 2.47. The van der Waals surface area contributed by atoms with Crippen LogP contribution in [0.3, 0.4) is 0 Å². The molecule has 92 valence electrons. The molecule has 0 spiro atoms. The molecule has 0 aromatic rings. The number of Topliss-reactive ketones (excluding diaryl/α,β-unsaturated/α-hetero) is 1. The highest BCUT2D eigenvalue weighted by Gasteiger charge is 2.46. The molecule has 0 N–H and O–H groups in total. The lowest BCUT2D eigenvalue weighted by atomic mass is 9.70. The van der Waals surface area contributed by atoms with Crippen molar-refractivity contribution >= 4 is 28.4 Å². The molecule has 2 heteroatoms. The average Bonchev–Trinajstić information content (AvgIpc) is 2.47. The largest absolute Gasteiger partial charge is 0.299 e. The summed E-state index contributed by atoms with van der Waals surface area (Å²) in [4.78, 5) is 12.3. The molecule has 1 rings (SSSR count). The van der Waals surface area contributed by atoms with Gasteiger partial charge in [-0.1, -0.05) is 49.4 Å². The van der Waals surface area contributed by atoms with Gasteiger partial charge in [-0.3, -0.25) is 4.79 Å². The molecule has 2 atom stereocenters. The fraction of sp³-hybridized carbons (Fsp3) is 0.786. The number of halogens is 1. The van der Waals surface area contributed by atoms with Crippen molar-refractivity contribution in [2.24, 2.45) is 17.3 Å². The van der Waals surface area contributed by atoms with Crippen LogP contribution in [-0.2, 0) is 4.79 Å². The van der Waals surface area contributed by atoms with Gasteiger partial charge < -0.3 is 0 Å². The Kier molecular flexibility index (Phi) is 4.34. The number of ketones is 1. The SMILES string of the molecule is [2H]C1([2H])C[C@H](C(C)C)[C@@](C)(CCC/C=C/I)C1=O. The van der Waals surface area contributed by atoms with Crippen molar-refractivity contribution in [3.8, 4) is 0 Å². The van der Waals surface area contributed by atoms with Crippen molar-refractivity contribution in [2.75, 3.05) is 0 Å². The molecule has 0 unspecified atom stereocenters. The maximum atomic E-state index is 12.3. The van der Waals surface area contributed by atoms with Gasteiger partial charge in [0.1, 0.15) is 5.78 Å². The molecule has 1 aliphatic carbocycles. The first-order chi connectivity index (χ1) is 8.25. The smallest absolute Gasteiger partial charge is 0.139 e. The Morgan fingerprint density at radius 1 is 1.69 bits per heavy atom. The summed E-state index contributed by atoms with van der Waals surface area (Å²) >= 11 is 2.20. The van der Waals surface area contributed by atoms with Crippen LogP contribution in [0.4, 0.5) is 0 Å². The second-order valence-electron chi connectivity index (χ2n) is 5.23. The minimum absolute atomic E-state index is 0.170. The van der Waals surface area contributed by atoms with Crippen molar-refractivity contribution < 1.29 is 7.54 Å². The molecule has 1 nitrogen and oxygen atoms in total. The summed E-state index contributed by atoms with van der Waals surface area (Å²) in [7, 11) is 0. The third kappa shape index (κ3) is 3.08. The summed E-state index contributed by atoms with van der Waals surface area (Å²) in [5.41, 5.74) is -0.475. The lowest BCUT2D eigenvalue weighted by Gasteiger charge is -2.32. The number of carbonyl (C=O) groups excluding carboxylic acids is 1. The van der Waals surface area contributed by atoms with Crippen molar-refractivity contribution in [1.29, 1.82) is 0 Å². The summed E-state index contributed by atoms with van der Waals surface area (Å²) in [5, 5.41) is 0. The predicted octanol–water partition coefficient (Wildman–Crippen LogP) is 4.75. The fourth-order valence-corrected chi connectivity index (χ4v) is 3.08. The Morgan fingerprint density at radius 2 is 2.38 bits per heavy atom. The first-order valence-corrected chi connectivity index (χ1v) is 7.30. The molecule has 0 aromatic heterocycles. The average molecular weight is 336 g/mol. The van der Waals surface area contributed by atoms with Gasteiger partial charge in [0.05, 0.1) is 0 Å². The van der Waals surface area contributed by atoms with E-state index in [1.165, 1.54) is 0 Å². The van der Waals surface area contributed by atoms with Crippen LogP contribution in [0.25, 0.3) is 0 Å². The van der Waals surface area contributed by atoms with Gasteiger partial charge in [-0.2, -0.15) is 0 Å². The van der Waals surface area contributed by atoms with E-state index in [2.05, 4.69) is 42.5 Å². The van der Waals surface area contributed by atoms with Crippen LogP contribution in [-0.4, -0.2) is 5.78 Å². The number of rotatable bonds is 5. The molecular formula is C14H23IO. The van der Waals surface area contributed by atoms with Crippen molar-refractivity contribution in [2.45, 2.75) is 52.8 Å². The summed E-state index contributed by atoms with van der Waals surface area (Å²) in [5.74, 6) is 0.354. The molecule has 0 saturated heterocycles. The van der Waals surface area contributed by atoms with Crippen molar-refractivity contribution in [1.82, 2.24) is 0 Å². The van der Waals surface area contributed by atoms with Crippen LogP contribution in [0.15, 0.2) is 10.2 Å². The van der Waals surface area contributed by atoms with Crippen molar-refractivity contribution in [3.63, 3.8) is 0 Å². The molecule has 16 heavy (non-hydrogen) atoms. The molecule has 0 bridgehead atoms. The Labute approximate surface area is 116 Å². The zero-order valence-corrected chi connectivity index (χ0v) is 12.6. The van der Waals surface area contributed by atoms with Gasteiger partial charge >= 0.3 is 0 Å². The lowest BCUT2D eigenvalue weighted by Crippen LogP contribution is -2.31. The third-order valence-electron chi connectivity index (χ3n) is 3.78. The van der Waals surface area contributed by atoms with Crippen LogP contribution in [0, 0.1) is 17.3 Å². The second kappa shape index (κ2) is 6.18. The van der Waals surface area contributed by atoms with Gasteiger partial charge in [0, 0.05) is 14.5 Å².